The highest BCUT2D eigenvalue weighted by atomic mass is 16.5. The first kappa shape index (κ1) is 17.1. The Morgan fingerprint density at radius 2 is 2.00 bits per heavy atom. The number of hydrogen-bond donors (Lipinski definition) is 1. The van der Waals surface area contributed by atoms with Gasteiger partial charge >= 0.3 is 11.6 Å². The molecule has 1 heterocycles. The van der Waals surface area contributed by atoms with Crippen molar-refractivity contribution in [2.75, 3.05) is 6.61 Å². The highest BCUT2D eigenvalue weighted by molar-refractivity contribution is 5.85. The van der Waals surface area contributed by atoms with E-state index < -0.39 is 5.63 Å². The zero-order valence-electron chi connectivity index (χ0n) is 13.8. The van der Waals surface area contributed by atoms with Crippen molar-refractivity contribution < 1.29 is 19.1 Å². The molecule has 0 atom stereocenters. The lowest BCUT2D eigenvalue weighted by Gasteiger charge is -2.11. The predicted molar refractivity (Wildman–Crippen MR) is 87.8 cm³/mol. The maximum absolute atomic E-state index is 12.3. The Labute approximate surface area is 134 Å². The van der Waals surface area contributed by atoms with E-state index in [0.29, 0.717) is 42.6 Å². The molecule has 1 N–H and O–H groups in total. The summed E-state index contributed by atoms with van der Waals surface area (Å²) >= 11 is 0. The summed E-state index contributed by atoms with van der Waals surface area (Å²) in [4.78, 5) is 23.7. The fraction of sp³-hybridized carbons (Fsp3) is 0.444. The molecule has 0 aliphatic heterocycles. The molecule has 0 amide bonds. The summed E-state index contributed by atoms with van der Waals surface area (Å²) in [6, 6.07) is 3.38. The molecule has 5 nitrogen and oxygen atoms in total. The molecule has 0 spiro atoms. The molecule has 0 radical (unpaired) electrons. The Morgan fingerprint density at radius 1 is 1.26 bits per heavy atom. The van der Waals surface area contributed by atoms with Crippen molar-refractivity contribution in [2.45, 2.75) is 46.5 Å². The lowest BCUT2D eigenvalue weighted by molar-refractivity contribution is -0.143. The highest BCUT2D eigenvalue weighted by Gasteiger charge is 2.16. The summed E-state index contributed by atoms with van der Waals surface area (Å²) in [6.45, 7) is 5.90. The van der Waals surface area contributed by atoms with E-state index in [0.717, 1.165) is 10.9 Å². The van der Waals surface area contributed by atoms with Crippen LogP contribution < -0.4 is 5.63 Å². The van der Waals surface area contributed by atoms with Crippen LogP contribution in [0.25, 0.3) is 11.0 Å². The first-order valence-corrected chi connectivity index (χ1v) is 7.92. The summed E-state index contributed by atoms with van der Waals surface area (Å²) in [6.07, 6.45) is 1.86. The van der Waals surface area contributed by atoms with E-state index in [1.165, 1.54) is 0 Å². The molecule has 2 aromatic rings. The van der Waals surface area contributed by atoms with Crippen LogP contribution in [-0.4, -0.2) is 17.7 Å². The molecule has 124 valence electrons. The number of carbonyl (C=O) groups is 1. The molecular formula is C18H22O5. The van der Waals surface area contributed by atoms with Crippen molar-refractivity contribution in [2.24, 2.45) is 0 Å². The Balaban J connectivity index is 2.34. The second-order valence-corrected chi connectivity index (χ2v) is 5.45. The molecular weight excluding hydrogens is 296 g/mol. The largest absolute Gasteiger partial charge is 0.508 e. The van der Waals surface area contributed by atoms with Crippen LogP contribution in [0.1, 0.15) is 43.4 Å². The molecule has 23 heavy (non-hydrogen) atoms. The van der Waals surface area contributed by atoms with Gasteiger partial charge in [-0.3, -0.25) is 4.79 Å². The molecule has 0 aliphatic rings. The van der Waals surface area contributed by atoms with Gasteiger partial charge in [-0.05, 0) is 50.8 Å². The van der Waals surface area contributed by atoms with Crippen LogP contribution in [0, 0.1) is 6.92 Å². The third-order valence-electron chi connectivity index (χ3n) is 4.00. The summed E-state index contributed by atoms with van der Waals surface area (Å²) < 4.78 is 10.3. The van der Waals surface area contributed by atoms with E-state index >= 15 is 0 Å². The second-order valence-electron chi connectivity index (χ2n) is 5.45. The number of phenols is 1. The summed E-state index contributed by atoms with van der Waals surface area (Å²) in [5, 5.41) is 10.7. The minimum Gasteiger partial charge on any atom is -0.508 e. The number of rotatable bonds is 6. The molecule has 0 saturated heterocycles. The third kappa shape index (κ3) is 3.55. The molecule has 0 fully saturated rings. The quantitative estimate of drug-likeness (QED) is 0.653. The first-order valence-electron chi connectivity index (χ1n) is 7.92. The van der Waals surface area contributed by atoms with Crippen LogP contribution in [0.4, 0.5) is 0 Å². The third-order valence-corrected chi connectivity index (χ3v) is 4.00. The van der Waals surface area contributed by atoms with E-state index in [2.05, 4.69) is 0 Å². The van der Waals surface area contributed by atoms with Crippen LogP contribution in [-0.2, 0) is 22.4 Å². The van der Waals surface area contributed by atoms with Crippen molar-refractivity contribution >= 4 is 16.9 Å². The van der Waals surface area contributed by atoms with Crippen molar-refractivity contribution in [3.63, 3.8) is 0 Å². The van der Waals surface area contributed by atoms with E-state index in [1.807, 2.05) is 13.8 Å². The lowest BCUT2D eigenvalue weighted by atomic mass is 9.99. The van der Waals surface area contributed by atoms with Gasteiger partial charge in [0.25, 0.3) is 0 Å². The van der Waals surface area contributed by atoms with Crippen molar-refractivity contribution in [3.05, 3.63) is 39.2 Å². The molecule has 0 saturated carbocycles. The molecule has 1 aromatic carbocycles. The van der Waals surface area contributed by atoms with E-state index in [4.69, 9.17) is 9.15 Å². The van der Waals surface area contributed by atoms with Gasteiger partial charge < -0.3 is 14.3 Å². The summed E-state index contributed by atoms with van der Waals surface area (Å²) in [7, 11) is 0. The normalized spacial score (nSPS) is 10.9. The maximum Gasteiger partial charge on any atom is 0.339 e. The standard InChI is InChI=1S/C18H22O5/c1-4-12-15(19)10-9-13-11(3)14(18(21)23-17(12)13)7-6-8-16(20)22-5-2/h9-10,19H,4-8H2,1-3H3. The Kier molecular flexibility index (Phi) is 5.42. The fourth-order valence-electron chi connectivity index (χ4n) is 2.77. The van der Waals surface area contributed by atoms with Crippen LogP contribution in [0.5, 0.6) is 5.75 Å². The number of benzene rings is 1. The van der Waals surface area contributed by atoms with Gasteiger partial charge in [0.15, 0.2) is 0 Å². The second kappa shape index (κ2) is 7.31. The number of aryl methyl sites for hydroxylation is 2. The average Bonchev–Trinajstić information content (AvgIpc) is 2.50. The summed E-state index contributed by atoms with van der Waals surface area (Å²) in [5.74, 6) is -0.119. The Morgan fingerprint density at radius 3 is 2.65 bits per heavy atom. The Bertz CT molecular complexity index is 773. The lowest BCUT2D eigenvalue weighted by Crippen LogP contribution is -2.12. The number of carbonyl (C=O) groups excluding carboxylic acids is 1. The van der Waals surface area contributed by atoms with Gasteiger partial charge in [0, 0.05) is 22.9 Å². The van der Waals surface area contributed by atoms with Gasteiger partial charge in [0.1, 0.15) is 11.3 Å². The minimum absolute atomic E-state index is 0.137. The van der Waals surface area contributed by atoms with Gasteiger partial charge in [0.2, 0.25) is 0 Å². The molecule has 5 heteroatoms. The van der Waals surface area contributed by atoms with Gasteiger partial charge in [-0.25, -0.2) is 4.79 Å². The molecule has 2 rings (SSSR count). The van der Waals surface area contributed by atoms with Crippen LogP contribution in [0.3, 0.4) is 0 Å². The molecule has 0 aliphatic carbocycles. The number of aromatic hydroxyl groups is 1. The van der Waals surface area contributed by atoms with Crippen LogP contribution >= 0.6 is 0 Å². The van der Waals surface area contributed by atoms with E-state index in [-0.39, 0.29) is 18.1 Å². The van der Waals surface area contributed by atoms with Gasteiger partial charge in [-0.2, -0.15) is 0 Å². The zero-order chi connectivity index (χ0) is 17.0. The van der Waals surface area contributed by atoms with Crippen molar-refractivity contribution in [1.29, 1.82) is 0 Å². The summed E-state index contributed by atoms with van der Waals surface area (Å²) in [5.41, 5.74) is 2.11. The van der Waals surface area contributed by atoms with Crippen molar-refractivity contribution in [1.82, 2.24) is 0 Å². The SMILES string of the molecule is CCOC(=O)CCCc1c(C)c2ccc(O)c(CC)c2oc1=O. The van der Waals surface area contributed by atoms with E-state index in [9.17, 15) is 14.7 Å². The van der Waals surface area contributed by atoms with Gasteiger partial charge in [-0.1, -0.05) is 6.92 Å². The molecule has 0 unspecified atom stereocenters. The van der Waals surface area contributed by atoms with E-state index in [1.54, 1.807) is 19.1 Å². The number of hydrogen-bond acceptors (Lipinski definition) is 5. The predicted octanol–water partition coefficient (Wildman–Crippen LogP) is 3.26. The Hall–Kier alpha value is -2.30. The topological polar surface area (TPSA) is 76.7 Å². The average molecular weight is 318 g/mol. The monoisotopic (exact) mass is 318 g/mol. The first-order chi connectivity index (χ1) is 11.0. The smallest absolute Gasteiger partial charge is 0.339 e. The number of phenolic OH excluding ortho intramolecular Hbond substituents is 1. The van der Waals surface area contributed by atoms with Crippen LogP contribution in [0.15, 0.2) is 21.3 Å². The van der Waals surface area contributed by atoms with Crippen LogP contribution in [0.2, 0.25) is 0 Å². The number of ether oxygens (including phenoxy) is 1. The molecule has 0 bridgehead atoms. The minimum atomic E-state index is -0.404. The highest BCUT2D eigenvalue weighted by Crippen LogP contribution is 2.29. The fourth-order valence-corrected chi connectivity index (χ4v) is 2.77. The number of fused-ring (bicyclic) bond motifs is 1. The van der Waals surface area contributed by atoms with Gasteiger partial charge in [0.05, 0.1) is 6.61 Å². The number of esters is 1. The molecule has 1 aromatic heterocycles. The maximum atomic E-state index is 12.3. The zero-order valence-corrected chi connectivity index (χ0v) is 13.8. The van der Waals surface area contributed by atoms with Gasteiger partial charge in [-0.15, -0.1) is 0 Å². The van der Waals surface area contributed by atoms with Crippen molar-refractivity contribution in [3.8, 4) is 5.75 Å².